The molecule has 0 radical (unpaired) electrons. The predicted molar refractivity (Wildman–Crippen MR) is 61.1 cm³/mol. The van der Waals surface area contributed by atoms with Gasteiger partial charge in [0.15, 0.2) is 5.52 Å². The van der Waals surface area contributed by atoms with E-state index in [9.17, 15) is 4.79 Å². The number of aromatic nitrogens is 3. The van der Waals surface area contributed by atoms with Crippen molar-refractivity contribution in [1.29, 1.82) is 0 Å². The number of fused-ring (bicyclic) bond motifs is 1. The van der Waals surface area contributed by atoms with Gasteiger partial charge in [-0.2, -0.15) is 0 Å². The Morgan fingerprint density at radius 2 is 2.25 bits per heavy atom. The molecular weight excluding hydrogens is 202 g/mol. The second-order valence-corrected chi connectivity index (χ2v) is 4.37. The number of nitrogens with zero attached hydrogens (tertiary/aromatic N) is 3. The molecule has 0 bridgehead atoms. The van der Waals surface area contributed by atoms with Gasteiger partial charge in [-0.25, -0.2) is 9.97 Å². The van der Waals surface area contributed by atoms with Crippen molar-refractivity contribution in [3.63, 3.8) is 0 Å². The van der Waals surface area contributed by atoms with Crippen LogP contribution < -0.4 is 5.56 Å². The summed E-state index contributed by atoms with van der Waals surface area (Å²) in [6.45, 7) is 0.790. The van der Waals surface area contributed by atoms with Crippen molar-refractivity contribution in [3.8, 4) is 0 Å². The van der Waals surface area contributed by atoms with Gasteiger partial charge < -0.3 is 0 Å². The van der Waals surface area contributed by atoms with Gasteiger partial charge in [0.1, 0.15) is 0 Å². The van der Waals surface area contributed by atoms with E-state index in [1.165, 1.54) is 19.3 Å². The van der Waals surface area contributed by atoms with E-state index in [-0.39, 0.29) is 5.56 Å². The Morgan fingerprint density at radius 3 is 3.00 bits per heavy atom. The maximum absolute atomic E-state index is 12.1. The minimum absolute atomic E-state index is 0.0162. The van der Waals surface area contributed by atoms with Gasteiger partial charge in [-0.3, -0.25) is 9.36 Å². The molecule has 0 saturated heterocycles. The van der Waals surface area contributed by atoms with Gasteiger partial charge in [-0.1, -0.05) is 6.42 Å². The van der Waals surface area contributed by atoms with Gasteiger partial charge >= 0.3 is 0 Å². The van der Waals surface area contributed by atoms with Gasteiger partial charge in [-0.05, 0) is 30.9 Å². The van der Waals surface area contributed by atoms with Crippen molar-refractivity contribution < 1.29 is 0 Å². The van der Waals surface area contributed by atoms with Crippen molar-refractivity contribution in [1.82, 2.24) is 14.5 Å². The van der Waals surface area contributed by atoms with E-state index in [2.05, 4.69) is 9.97 Å². The minimum Gasteiger partial charge on any atom is -0.297 e. The number of hydrogen-bond donors (Lipinski definition) is 0. The van der Waals surface area contributed by atoms with Crippen LogP contribution >= 0.6 is 0 Å². The summed E-state index contributed by atoms with van der Waals surface area (Å²) in [4.78, 5) is 20.4. The minimum atomic E-state index is -0.0162. The molecule has 2 aromatic rings. The Balaban J connectivity index is 2.05. The molecule has 0 unspecified atom stereocenters. The maximum atomic E-state index is 12.1. The molecule has 1 aliphatic carbocycles. The molecule has 0 aromatic carbocycles. The van der Waals surface area contributed by atoms with Crippen LogP contribution in [0.4, 0.5) is 0 Å². The molecule has 0 atom stereocenters. The molecule has 2 heterocycles. The third-order valence-corrected chi connectivity index (χ3v) is 3.27. The number of pyridine rings is 1. The van der Waals surface area contributed by atoms with Crippen molar-refractivity contribution in [2.45, 2.75) is 25.8 Å². The lowest BCUT2D eigenvalue weighted by molar-refractivity contribution is 0.273. The molecule has 1 fully saturated rings. The Morgan fingerprint density at radius 1 is 1.38 bits per heavy atom. The highest BCUT2D eigenvalue weighted by molar-refractivity contribution is 5.71. The summed E-state index contributed by atoms with van der Waals surface area (Å²) in [6.07, 6.45) is 7.03. The molecule has 4 heteroatoms. The lowest BCUT2D eigenvalue weighted by atomic mass is 9.85. The fourth-order valence-electron chi connectivity index (χ4n) is 2.07. The van der Waals surface area contributed by atoms with Crippen molar-refractivity contribution in [3.05, 3.63) is 35.0 Å². The molecule has 1 aliphatic rings. The van der Waals surface area contributed by atoms with Gasteiger partial charge in [-0.15, -0.1) is 0 Å². The molecule has 0 amide bonds. The van der Waals surface area contributed by atoms with Gasteiger partial charge in [0.05, 0.1) is 11.8 Å². The van der Waals surface area contributed by atoms with Crippen LogP contribution in [0.15, 0.2) is 29.5 Å². The highest BCUT2D eigenvalue weighted by Crippen LogP contribution is 2.27. The number of rotatable bonds is 2. The van der Waals surface area contributed by atoms with Gasteiger partial charge in [0, 0.05) is 12.7 Å². The zero-order chi connectivity index (χ0) is 11.0. The standard InChI is InChI=1S/C12H13N3O/c16-12-11-10(5-2-6-13-11)14-8-15(12)7-9-3-1-4-9/h2,5-6,8-9H,1,3-4,7H2. The molecular formula is C12H13N3O. The summed E-state index contributed by atoms with van der Waals surface area (Å²) >= 11 is 0. The Hall–Kier alpha value is -1.71. The predicted octanol–water partition coefficient (Wildman–Crippen LogP) is 1.59. The summed E-state index contributed by atoms with van der Waals surface area (Å²) in [5.74, 6) is 0.653. The van der Waals surface area contributed by atoms with Gasteiger partial charge in [0.25, 0.3) is 5.56 Å². The van der Waals surface area contributed by atoms with Crippen LogP contribution in [0.2, 0.25) is 0 Å². The second kappa shape index (κ2) is 3.70. The molecule has 3 rings (SSSR count). The quantitative estimate of drug-likeness (QED) is 0.764. The normalized spacial score (nSPS) is 16.2. The molecule has 0 spiro atoms. The third-order valence-electron chi connectivity index (χ3n) is 3.27. The first-order chi connectivity index (χ1) is 7.84. The lowest BCUT2D eigenvalue weighted by Crippen LogP contribution is -2.27. The van der Waals surface area contributed by atoms with Crippen LogP contribution in [0.1, 0.15) is 19.3 Å². The van der Waals surface area contributed by atoms with Crippen molar-refractivity contribution >= 4 is 11.0 Å². The molecule has 0 N–H and O–H groups in total. The first kappa shape index (κ1) is 9.51. The molecule has 4 nitrogen and oxygen atoms in total. The molecule has 82 valence electrons. The molecule has 0 aliphatic heterocycles. The number of hydrogen-bond acceptors (Lipinski definition) is 3. The Kier molecular flexibility index (Phi) is 2.20. The Labute approximate surface area is 93.0 Å². The SMILES string of the molecule is O=c1c2ncccc2ncn1CC1CCC1. The maximum Gasteiger partial charge on any atom is 0.279 e. The average molecular weight is 215 g/mol. The van der Waals surface area contributed by atoms with Crippen molar-refractivity contribution in [2.75, 3.05) is 0 Å². The third kappa shape index (κ3) is 1.50. The van der Waals surface area contributed by atoms with Crippen LogP contribution in [0.5, 0.6) is 0 Å². The summed E-state index contributed by atoms with van der Waals surface area (Å²) < 4.78 is 1.69. The molecule has 2 aromatic heterocycles. The van der Waals surface area contributed by atoms with E-state index in [4.69, 9.17) is 0 Å². The Bertz CT molecular complexity index is 572. The van der Waals surface area contributed by atoms with E-state index >= 15 is 0 Å². The van der Waals surface area contributed by atoms with E-state index in [1.807, 2.05) is 6.07 Å². The molecule has 16 heavy (non-hydrogen) atoms. The van der Waals surface area contributed by atoms with Gasteiger partial charge in [0.2, 0.25) is 0 Å². The average Bonchev–Trinajstić information content (AvgIpc) is 2.26. The van der Waals surface area contributed by atoms with Crippen molar-refractivity contribution in [2.24, 2.45) is 5.92 Å². The topological polar surface area (TPSA) is 47.8 Å². The molecule has 1 saturated carbocycles. The first-order valence-electron chi connectivity index (χ1n) is 5.65. The highest BCUT2D eigenvalue weighted by atomic mass is 16.1. The van der Waals surface area contributed by atoms with Crippen LogP contribution in [0, 0.1) is 5.92 Å². The fraction of sp³-hybridized carbons (Fsp3) is 0.417. The smallest absolute Gasteiger partial charge is 0.279 e. The fourth-order valence-corrected chi connectivity index (χ4v) is 2.07. The van der Waals surface area contributed by atoms with E-state index in [1.54, 1.807) is 23.2 Å². The summed E-state index contributed by atoms with van der Waals surface area (Å²) in [5.41, 5.74) is 1.14. The zero-order valence-electron chi connectivity index (χ0n) is 8.97. The zero-order valence-corrected chi connectivity index (χ0v) is 8.97. The van der Waals surface area contributed by atoms with Crippen LogP contribution in [0.3, 0.4) is 0 Å². The van der Waals surface area contributed by atoms with Crippen LogP contribution in [-0.4, -0.2) is 14.5 Å². The summed E-state index contributed by atoms with van der Waals surface area (Å²) in [7, 11) is 0. The van der Waals surface area contributed by atoms with E-state index < -0.39 is 0 Å². The van der Waals surface area contributed by atoms with E-state index in [0.717, 1.165) is 6.54 Å². The van der Waals surface area contributed by atoms with E-state index in [0.29, 0.717) is 17.0 Å². The second-order valence-electron chi connectivity index (χ2n) is 4.37. The first-order valence-corrected chi connectivity index (χ1v) is 5.65. The lowest BCUT2D eigenvalue weighted by Gasteiger charge is -2.25. The highest BCUT2D eigenvalue weighted by Gasteiger charge is 2.18. The largest absolute Gasteiger partial charge is 0.297 e. The summed E-state index contributed by atoms with van der Waals surface area (Å²) in [5, 5.41) is 0. The van der Waals surface area contributed by atoms with Crippen LogP contribution in [-0.2, 0) is 6.54 Å². The van der Waals surface area contributed by atoms with Crippen LogP contribution in [0.25, 0.3) is 11.0 Å². The monoisotopic (exact) mass is 215 g/mol. The summed E-state index contributed by atoms with van der Waals surface area (Å²) in [6, 6.07) is 3.61.